The highest BCUT2D eigenvalue weighted by Crippen LogP contribution is 2.13. The predicted octanol–water partition coefficient (Wildman–Crippen LogP) is 1.09. The summed E-state index contributed by atoms with van der Waals surface area (Å²) >= 11 is 3.18. The number of pyridine rings is 1. The van der Waals surface area contributed by atoms with Crippen LogP contribution in [0.3, 0.4) is 0 Å². The van der Waals surface area contributed by atoms with Crippen molar-refractivity contribution in [1.82, 2.24) is 19.7 Å². The summed E-state index contributed by atoms with van der Waals surface area (Å²) in [6.45, 7) is 0.280. The quantitative estimate of drug-likeness (QED) is 0.858. The summed E-state index contributed by atoms with van der Waals surface area (Å²) < 4.78 is 26.9. The van der Waals surface area contributed by atoms with Gasteiger partial charge in [-0.15, -0.1) is 0 Å². The first kappa shape index (κ1) is 13.2. The Morgan fingerprint density at radius 3 is 2.89 bits per heavy atom. The minimum absolute atomic E-state index is 0.135. The van der Waals surface area contributed by atoms with Crippen molar-refractivity contribution in [3.8, 4) is 0 Å². The predicted molar refractivity (Wildman–Crippen MR) is 69.4 cm³/mol. The molecule has 0 saturated carbocycles. The van der Waals surface area contributed by atoms with E-state index in [2.05, 4.69) is 35.6 Å². The van der Waals surface area contributed by atoms with Gasteiger partial charge in [0.15, 0.2) is 0 Å². The molecule has 8 heteroatoms. The van der Waals surface area contributed by atoms with Crippen molar-refractivity contribution in [2.45, 2.75) is 11.3 Å². The van der Waals surface area contributed by atoms with E-state index in [1.165, 1.54) is 18.5 Å². The molecule has 0 radical (unpaired) electrons. The van der Waals surface area contributed by atoms with E-state index in [1.807, 2.05) is 0 Å². The molecule has 0 aliphatic carbocycles. The van der Waals surface area contributed by atoms with Gasteiger partial charge in [0.2, 0.25) is 10.0 Å². The van der Waals surface area contributed by atoms with Crippen LogP contribution in [0, 0.1) is 0 Å². The Balaban J connectivity index is 1.99. The van der Waals surface area contributed by atoms with Gasteiger partial charge < -0.3 is 4.98 Å². The lowest BCUT2D eigenvalue weighted by Gasteiger charge is -2.05. The Bertz CT molecular complexity index is 613. The molecule has 96 valence electrons. The Labute approximate surface area is 113 Å². The van der Waals surface area contributed by atoms with Gasteiger partial charge in [0.05, 0.1) is 0 Å². The van der Waals surface area contributed by atoms with E-state index in [4.69, 9.17) is 0 Å². The molecule has 2 aromatic rings. The van der Waals surface area contributed by atoms with Gasteiger partial charge in [-0.3, -0.25) is 4.98 Å². The Hall–Kier alpha value is -1.25. The molecule has 0 amide bonds. The molecule has 2 aromatic heterocycles. The second-order valence-electron chi connectivity index (χ2n) is 3.52. The van der Waals surface area contributed by atoms with Gasteiger partial charge in [0.25, 0.3) is 0 Å². The second-order valence-corrected chi connectivity index (χ2v) is 6.21. The zero-order valence-electron chi connectivity index (χ0n) is 9.30. The molecule has 0 saturated heterocycles. The molecule has 0 fully saturated rings. The standard InChI is InChI=1S/C10H11BrN4O2S/c11-8-5-9(7-12-6-8)18(16,17)15-2-1-10-13-3-4-14-10/h3-7,15H,1-2H2,(H,13,14). The van der Waals surface area contributed by atoms with Crippen molar-refractivity contribution < 1.29 is 8.42 Å². The van der Waals surface area contributed by atoms with Crippen molar-refractivity contribution >= 4 is 26.0 Å². The SMILES string of the molecule is O=S(=O)(NCCc1ncc[nH]1)c1cncc(Br)c1. The van der Waals surface area contributed by atoms with Crippen LogP contribution in [0.1, 0.15) is 5.82 Å². The third kappa shape index (κ3) is 3.37. The zero-order chi connectivity index (χ0) is 13.0. The molecule has 0 bridgehead atoms. The maximum absolute atomic E-state index is 11.9. The molecule has 2 N–H and O–H groups in total. The summed E-state index contributed by atoms with van der Waals surface area (Å²) in [5.74, 6) is 0.741. The van der Waals surface area contributed by atoms with Crippen LogP contribution in [-0.4, -0.2) is 29.9 Å². The average molecular weight is 331 g/mol. The van der Waals surface area contributed by atoms with E-state index in [-0.39, 0.29) is 11.4 Å². The highest BCUT2D eigenvalue weighted by Gasteiger charge is 2.14. The van der Waals surface area contributed by atoms with Crippen molar-refractivity contribution in [3.63, 3.8) is 0 Å². The van der Waals surface area contributed by atoms with Gasteiger partial charge in [0, 0.05) is 42.2 Å². The molecule has 0 aromatic carbocycles. The van der Waals surface area contributed by atoms with E-state index >= 15 is 0 Å². The smallest absolute Gasteiger partial charge is 0.242 e. The van der Waals surface area contributed by atoms with E-state index in [1.54, 1.807) is 12.4 Å². The largest absolute Gasteiger partial charge is 0.349 e. The van der Waals surface area contributed by atoms with Crippen LogP contribution in [0.4, 0.5) is 0 Å². The second kappa shape index (κ2) is 5.59. The fraction of sp³-hybridized carbons (Fsp3) is 0.200. The number of rotatable bonds is 5. The summed E-state index contributed by atoms with van der Waals surface area (Å²) in [5.41, 5.74) is 0. The van der Waals surface area contributed by atoms with Crippen molar-refractivity contribution in [1.29, 1.82) is 0 Å². The average Bonchev–Trinajstić information content (AvgIpc) is 2.82. The fourth-order valence-corrected chi connectivity index (χ4v) is 2.90. The fourth-order valence-electron chi connectivity index (χ4n) is 1.36. The Morgan fingerprint density at radius 2 is 2.22 bits per heavy atom. The maximum atomic E-state index is 11.9. The number of hydrogen-bond donors (Lipinski definition) is 2. The molecular formula is C10H11BrN4O2S. The number of nitrogens with zero attached hydrogens (tertiary/aromatic N) is 2. The Morgan fingerprint density at radius 1 is 1.39 bits per heavy atom. The summed E-state index contributed by atoms with van der Waals surface area (Å²) in [6, 6.07) is 1.50. The highest BCUT2D eigenvalue weighted by atomic mass is 79.9. The van der Waals surface area contributed by atoms with Crippen LogP contribution in [0.15, 0.2) is 40.2 Å². The van der Waals surface area contributed by atoms with Crippen LogP contribution in [0.5, 0.6) is 0 Å². The molecule has 0 aliphatic heterocycles. The first-order chi connectivity index (χ1) is 8.58. The van der Waals surface area contributed by atoms with Gasteiger partial charge in [-0.05, 0) is 22.0 Å². The zero-order valence-corrected chi connectivity index (χ0v) is 11.7. The van der Waals surface area contributed by atoms with Crippen LogP contribution in [-0.2, 0) is 16.4 Å². The number of halogens is 1. The van der Waals surface area contributed by atoms with Crippen molar-refractivity contribution in [3.05, 3.63) is 41.2 Å². The van der Waals surface area contributed by atoms with E-state index in [9.17, 15) is 8.42 Å². The van der Waals surface area contributed by atoms with Crippen LogP contribution in [0.25, 0.3) is 0 Å². The molecular weight excluding hydrogens is 320 g/mol. The van der Waals surface area contributed by atoms with Crippen molar-refractivity contribution in [2.24, 2.45) is 0 Å². The number of H-pyrrole nitrogens is 1. The van der Waals surface area contributed by atoms with E-state index < -0.39 is 10.0 Å². The Kier molecular flexibility index (Phi) is 4.10. The molecule has 2 heterocycles. The number of aromatic nitrogens is 3. The first-order valence-electron chi connectivity index (χ1n) is 5.16. The summed E-state index contributed by atoms with van der Waals surface area (Å²) in [5, 5.41) is 0. The van der Waals surface area contributed by atoms with Crippen molar-refractivity contribution in [2.75, 3.05) is 6.54 Å². The first-order valence-corrected chi connectivity index (χ1v) is 7.44. The number of aromatic amines is 1. The van der Waals surface area contributed by atoms with Gasteiger partial charge in [-0.25, -0.2) is 18.1 Å². The molecule has 0 atom stereocenters. The lowest BCUT2D eigenvalue weighted by molar-refractivity contribution is 0.580. The normalized spacial score (nSPS) is 11.6. The third-order valence-electron chi connectivity index (χ3n) is 2.20. The van der Waals surface area contributed by atoms with Crippen LogP contribution < -0.4 is 4.72 Å². The number of sulfonamides is 1. The lowest BCUT2D eigenvalue weighted by atomic mass is 10.4. The molecule has 0 aliphatic rings. The highest BCUT2D eigenvalue weighted by molar-refractivity contribution is 9.10. The van der Waals surface area contributed by atoms with Gasteiger partial charge >= 0.3 is 0 Å². The molecule has 0 unspecified atom stereocenters. The number of imidazole rings is 1. The van der Waals surface area contributed by atoms with Crippen LogP contribution >= 0.6 is 15.9 Å². The van der Waals surface area contributed by atoms with Gasteiger partial charge in [-0.1, -0.05) is 0 Å². The molecule has 0 spiro atoms. The topological polar surface area (TPSA) is 87.7 Å². The van der Waals surface area contributed by atoms with Gasteiger partial charge in [-0.2, -0.15) is 0 Å². The van der Waals surface area contributed by atoms with E-state index in [0.717, 1.165) is 5.82 Å². The van der Waals surface area contributed by atoms with E-state index in [0.29, 0.717) is 10.9 Å². The number of nitrogens with one attached hydrogen (secondary N) is 2. The third-order valence-corrected chi connectivity index (χ3v) is 4.06. The summed E-state index contributed by atoms with van der Waals surface area (Å²) in [7, 11) is -3.52. The molecule has 2 rings (SSSR count). The molecule has 18 heavy (non-hydrogen) atoms. The van der Waals surface area contributed by atoms with Crippen LogP contribution in [0.2, 0.25) is 0 Å². The lowest BCUT2D eigenvalue weighted by Crippen LogP contribution is -2.26. The monoisotopic (exact) mass is 330 g/mol. The summed E-state index contributed by atoms with van der Waals surface area (Å²) in [6.07, 6.45) is 6.67. The minimum atomic E-state index is -3.52. The number of hydrogen-bond acceptors (Lipinski definition) is 4. The minimum Gasteiger partial charge on any atom is -0.349 e. The maximum Gasteiger partial charge on any atom is 0.242 e. The molecule has 6 nitrogen and oxygen atoms in total. The van der Waals surface area contributed by atoms with Gasteiger partial charge in [0.1, 0.15) is 10.7 Å². The summed E-state index contributed by atoms with van der Waals surface area (Å²) in [4.78, 5) is 10.9.